The maximum atomic E-state index is 9.93. The highest BCUT2D eigenvalue weighted by molar-refractivity contribution is 5.27. The van der Waals surface area contributed by atoms with E-state index >= 15 is 0 Å². The number of benzene rings is 1. The maximum Gasteiger partial charge on any atom is 0.169 e. The Bertz CT molecular complexity index is 397. The van der Waals surface area contributed by atoms with Crippen LogP contribution in [0.5, 0.6) is 0 Å². The van der Waals surface area contributed by atoms with E-state index < -0.39 is 5.79 Å². The summed E-state index contributed by atoms with van der Waals surface area (Å²) >= 11 is 0. The predicted octanol–water partition coefficient (Wildman–Crippen LogP) is 2.23. The third-order valence-electron chi connectivity index (χ3n) is 4.32. The number of rotatable bonds is 2. The Morgan fingerprint density at radius 3 is 2.44 bits per heavy atom. The van der Waals surface area contributed by atoms with Gasteiger partial charge in [0.25, 0.3) is 0 Å². The summed E-state index contributed by atoms with van der Waals surface area (Å²) < 4.78 is 11.7. The van der Waals surface area contributed by atoms with E-state index in [9.17, 15) is 5.11 Å². The molecule has 1 heterocycles. The first-order valence-electron chi connectivity index (χ1n) is 6.73. The predicted molar refractivity (Wildman–Crippen MR) is 68.3 cm³/mol. The van der Waals surface area contributed by atoms with Crippen molar-refractivity contribution in [3.8, 4) is 0 Å². The fourth-order valence-corrected chi connectivity index (χ4v) is 3.40. The number of aliphatic hydroxyl groups is 1. The largest absolute Gasteiger partial charge is 0.395 e. The first-order valence-corrected chi connectivity index (χ1v) is 6.73. The van der Waals surface area contributed by atoms with Gasteiger partial charge in [-0.2, -0.15) is 0 Å². The van der Waals surface area contributed by atoms with Gasteiger partial charge in [0.05, 0.1) is 19.8 Å². The minimum absolute atomic E-state index is 0.158. The van der Waals surface area contributed by atoms with Gasteiger partial charge in [0, 0.05) is 18.3 Å². The van der Waals surface area contributed by atoms with Crippen LogP contribution in [0.15, 0.2) is 30.3 Å². The monoisotopic (exact) mass is 248 g/mol. The zero-order valence-corrected chi connectivity index (χ0v) is 10.6. The lowest BCUT2D eigenvalue weighted by atomic mass is 9.67. The molecule has 0 bridgehead atoms. The van der Waals surface area contributed by atoms with Crippen LogP contribution in [0.4, 0.5) is 0 Å². The van der Waals surface area contributed by atoms with Crippen LogP contribution in [0.25, 0.3) is 0 Å². The highest BCUT2D eigenvalue weighted by atomic mass is 16.7. The maximum absolute atomic E-state index is 9.93. The Labute approximate surface area is 108 Å². The Hall–Kier alpha value is -0.900. The van der Waals surface area contributed by atoms with Crippen molar-refractivity contribution >= 4 is 0 Å². The van der Waals surface area contributed by atoms with Crippen LogP contribution in [0.3, 0.4) is 0 Å². The Morgan fingerprint density at radius 1 is 1.06 bits per heavy atom. The van der Waals surface area contributed by atoms with Gasteiger partial charge in [0.1, 0.15) is 0 Å². The SMILES string of the molecule is OCC1(c2ccccc2)CCCC2(C1)OCCO2. The fourth-order valence-electron chi connectivity index (χ4n) is 3.40. The molecule has 1 aliphatic heterocycles. The smallest absolute Gasteiger partial charge is 0.169 e. The molecule has 0 radical (unpaired) electrons. The molecule has 3 heteroatoms. The van der Waals surface area contributed by atoms with Crippen LogP contribution >= 0.6 is 0 Å². The molecule has 1 spiro atoms. The van der Waals surface area contributed by atoms with Gasteiger partial charge in [-0.3, -0.25) is 0 Å². The summed E-state index contributed by atoms with van der Waals surface area (Å²) in [6, 6.07) is 10.3. The summed E-state index contributed by atoms with van der Waals surface area (Å²) in [4.78, 5) is 0. The molecule has 2 fully saturated rings. The van der Waals surface area contributed by atoms with Crippen LogP contribution in [0.2, 0.25) is 0 Å². The second-order valence-electron chi connectivity index (χ2n) is 5.44. The summed E-state index contributed by atoms with van der Waals surface area (Å²) in [5.74, 6) is -0.448. The molecule has 1 unspecified atom stereocenters. The quantitative estimate of drug-likeness (QED) is 0.872. The topological polar surface area (TPSA) is 38.7 Å². The van der Waals surface area contributed by atoms with Crippen molar-refractivity contribution in [2.24, 2.45) is 0 Å². The summed E-state index contributed by atoms with van der Waals surface area (Å²) in [7, 11) is 0. The van der Waals surface area contributed by atoms with Gasteiger partial charge in [0.15, 0.2) is 5.79 Å². The first kappa shape index (κ1) is 12.2. The zero-order chi connectivity index (χ0) is 12.5. The third kappa shape index (κ3) is 1.96. The summed E-state index contributed by atoms with van der Waals surface area (Å²) in [5.41, 5.74) is 0.995. The molecular weight excluding hydrogens is 228 g/mol. The van der Waals surface area contributed by atoms with Gasteiger partial charge >= 0.3 is 0 Å². The lowest BCUT2D eigenvalue weighted by molar-refractivity contribution is -0.194. The number of aliphatic hydroxyl groups excluding tert-OH is 1. The molecule has 98 valence electrons. The van der Waals surface area contributed by atoms with E-state index in [2.05, 4.69) is 12.1 Å². The molecule has 1 N–H and O–H groups in total. The minimum Gasteiger partial charge on any atom is -0.395 e. The van der Waals surface area contributed by atoms with Gasteiger partial charge in [-0.05, 0) is 18.4 Å². The highest BCUT2D eigenvalue weighted by Gasteiger charge is 2.48. The average molecular weight is 248 g/mol. The molecular formula is C15H20O3. The number of hydrogen-bond donors (Lipinski definition) is 1. The average Bonchev–Trinajstić information content (AvgIpc) is 2.87. The van der Waals surface area contributed by atoms with Gasteiger partial charge in [-0.25, -0.2) is 0 Å². The van der Waals surface area contributed by atoms with Crippen molar-refractivity contribution in [3.63, 3.8) is 0 Å². The Morgan fingerprint density at radius 2 is 1.78 bits per heavy atom. The number of ether oxygens (including phenoxy) is 2. The van der Waals surface area contributed by atoms with E-state index in [0.717, 1.165) is 25.7 Å². The van der Waals surface area contributed by atoms with Crippen molar-refractivity contribution < 1.29 is 14.6 Å². The second-order valence-corrected chi connectivity index (χ2v) is 5.44. The standard InChI is InChI=1S/C15H20O3/c16-12-14(13-5-2-1-3-6-13)7-4-8-15(11-14)17-9-10-18-15/h1-3,5-6,16H,4,7-12H2. The van der Waals surface area contributed by atoms with Crippen molar-refractivity contribution in [2.75, 3.05) is 19.8 Å². The molecule has 0 aromatic heterocycles. The molecule has 3 nitrogen and oxygen atoms in total. The lowest BCUT2D eigenvalue weighted by Gasteiger charge is -2.44. The Balaban J connectivity index is 1.91. The van der Waals surface area contributed by atoms with Crippen molar-refractivity contribution in [2.45, 2.75) is 36.9 Å². The normalized spacial score (nSPS) is 30.7. The molecule has 1 aromatic carbocycles. The molecule has 2 aliphatic rings. The van der Waals surface area contributed by atoms with Crippen molar-refractivity contribution in [1.29, 1.82) is 0 Å². The molecule has 18 heavy (non-hydrogen) atoms. The molecule has 1 saturated carbocycles. The lowest BCUT2D eigenvalue weighted by Crippen LogP contribution is -2.46. The summed E-state index contributed by atoms with van der Waals surface area (Å²) in [6.07, 6.45) is 3.75. The zero-order valence-electron chi connectivity index (χ0n) is 10.6. The second kappa shape index (κ2) is 4.65. The molecule has 1 aliphatic carbocycles. The van der Waals surface area contributed by atoms with Crippen LogP contribution in [-0.2, 0) is 14.9 Å². The molecule has 1 aromatic rings. The Kier molecular flexibility index (Phi) is 3.14. The van der Waals surface area contributed by atoms with Crippen molar-refractivity contribution in [1.82, 2.24) is 0 Å². The van der Waals surface area contributed by atoms with Crippen LogP contribution in [0, 0.1) is 0 Å². The van der Waals surface area contributed by atoms with E-state index in [4.69, 9.17) is 9.47 Å². The summed E-state index contributed by atoms with van der Waals surface area (Å²) in [6.45, 7) is 1.51. The van der Waals surface area contributed by atoms with E-state index in [1.54, 1.807) is 0 Å². The minimum atomic E-state index is -0.448. The molecule has 1 atom stereocenters. The van der Waals surface area contributed by atoms with Gasteiger partial charge in [-0.15, -0.1) is 0 Å². The molecule has 1 saturated heterocycles. The molecule has 3 rings (SSSR count). The van der Waals surface area contributed by atoms with E-state index in [1.165, 1.54) is 5.56 Å². The summed E-state index contributed by atoms with van der Waals surface area (Å²) in [5, 5.41) is 9.93. The highest BCUT2D eigenvalue weighted by Crippen LogP contribution is 2.47. The van der Waals surface area contributed by atoms with Gasteiger partial charge in [0.2, 0.25) is 0 Å². The van der Waals surface area contributed by atoms with E-state index in [0.29, 0.717) is 13.2 Å². The van der Waals surface area contributed by atoms with Gasteiger partial charge in [-0.1, -0.05) is 30.3 Å². The van der Waals surface area contributed by atoms with Crippen LogP contribution in [-0.4, -0.2) is 30.7 Å². The number of hydrogen-bond acceptors (Lipinski definition) is 3. The van der Waals surface area contributed by atoms with E-state index in [1.807, 2.05) is 18.2 Å². The first-order chi connectivity index (χ1) is 8.79. The van der Waals surface area contributed by atoms with E-state index in [-0.39, 0.29) is 12.0 Å². The third-order valence-corrected chi connectivity index (χ3v) is 4.32. The van der Waals surface area contributed by atoms with Crippen LogP contribution in [0.1, 0.15) is 31.2 Å². The fraction of sp³-hybridized carbons (Fsp3) is 0.600. The molecule has 0 amide bonds. The van der Waals surface area contributed by atoms with Gasteiger partial charge < -0.3 is 14.6 Å². The van der Waals surface area contributed by atoms with Crippen molar-refractivity contribution in [3.05, 3.63) is 35.9 Å². The van der Waals surface area contributed by atoms with Crippen LogP contribution < -0.4 is 0 Å².